The second-order valence-corrected chi connectivity index (χ2v) is 4.26. The Bertz CT molecular complexity index is 436. The first kappa shape index (κ1) is 15.1. The number of halogens is 1. The highest BCUT2D eigenvalue weighted by atomic mass is 35.5. The van der Waals surface area contributed by atoms with Crippen molar-refractivity contribution in [2.45, 2.75) is 19.6 Å². The zero-order valence-electron chi connectivity index (χ0n) is 10.4. The summed E-state index contributed by atoms with van der Waals surface area (Å²) in [6, 6.07) is 7.04. The maximum Gasteiger partial charge on any atom is 0.407 e. The molecule has 1 aromatic rings. The molecule has 0 heterocycles. The van der Waals surface area contributed by atoms with E-state index in [1.54, 1.807) is 31.2 Å². The molecule has 0 spiro atoms. The smallest absolute Gasteiger partial charge is 0.407 e. The van der Waals surface area contributed by atoms with Crippen LogP contribution in [-0.4, -0.2) is 24.9 Å². The number of carbonyl (C=O) groups is 2. The van der Waals surface area contributed by atoms with Crippen molar-refractivity contribution in [2.24, 2.45) is 5.73 Å². The topological polar surface area (TPSA) is 90.7 Å². The number of amides is 2. The molecule has 1 aromatic carbocycles. The molecule has 6 nitrogen and oxygen atoms in total. The molecule has 1 rings (SSSR count). The second-order valence-electron chi connectivity index (χ2n) is 3.83. The third-order valence-corrected chi connectivity index (χ3v) is 2.37. The fraction of sp³-hybridized carbons (Fsp3) is 0.333. The van der Waals surface area contributed by atoms with E-state index in [-0.39, 0.29) is 6.61 Å². The molecule has 0 bridgehead atoms. The van der Waals surface area contributed by atoms with Crippen molar-refractivity contribution in [3.05, 3.63) is 34.9 Å². The quantitative estimate of drug-likeness (QED) is 0.866. The molecule has 104 valence electrons. The Morgan fingerprint density at radius 2 is 2.00 bits per heavy atom. The fourth-order valence-corrected chi connectivity index (χ4v) is 1.38. The maximum atomic E-state index is 11.3. The zero-order valence-corrected chi connectivity index (χ0v) is 11.1. The number of carbonyl (C=O) groups excluding carboxylic acids is 2. The van der Waals surface area contributed by atoms with Gasteiger partial charge in [0.15, 0.2) is 0 Å². The number of primary amides is 1. The highest BCUT2D eigenvalue weighted by Gasteiger charge is 2.09. The van der Waals surface area contributed by atoms with E-state index < -0.39 is 18.3 Å². The Kier molecular flexibility index (Phi) is 5.95. The van der Waals surface area contributed by atoms with E-state index in [1.807, 2.05) is 0 Å². The molecule has 0 saturated heterocycles. The van der Waals surface area contributed by atoms with Crippen LogP contribution in [0.5, 0.6) is 0 Å². The van der Waals surface area contributed by atoms with Crippen LogP contribution in [0.15, 0.2) is 24.3 Å². The van der Waals surface area contributed by atoms with Crippen LogP contribution in [0.3, 0.4) is 0 Å². The number of nitrogens with one attached hydrogen (secondary N) is 1. The van der Waals surface area contributed by atoms with E-state index in [0.29, 0.717) is 11.6 Å². The summed E-state index contributed by atoms with van der Waals surface area (Å²) in [6.45, 7) is 1.83. The van der Waals surface area contributed by atoms with Gasteiger partial charge in [0, 0.05) is 11.6 Å². The molecule has 0 radical (unpaired) electrons. The Morgan fingerprint density at radius 3 is 2.58 bits per heavy atom. The standard InChI is InChI=1S/C12H15ClN2O4/c1-8(19-11(14)16)7-18-12(17)15-6-9-2-4-10(13)5-3-9/h2-5,8H,6-7H2,1H3,(H2,14,16)(H,15,17)/t8-/m0/s1. The van der Waals surface area contributed by atoms with E-state index in [1.165, 1.54) is 0 Å². The van der Waals surface area contributed by atoms with Gasteiger partial charge in [-0.3, -0.25) is 0 Å². The third kappa shape index (κ3) is 6.52. The average molecular weight is 287 g/mol. The van der Waals surface area contributed by atoms with Crippen molar-refractivity contribution in [2.75, 3.05) is 6.61 Å². The van der Waals surface area contributed by atoms with E-state index >= 15 is 0 Å². The summed E-state index contributed by atoms with van der Waals surface area (Å²) in [5.74, 6) is 0. The van der Waals surface area contributed by atoms with Crippen LogP contribution in [0.25, 0.3) is 0 Å². The molecule has 0 aromatic heterocycles. The van der Waals surface area contributed by atoms with E-state index in [4.69, 9.17) is 22.1 Å². The van der Waals surface area contributed by atoms with Crippen LogP contribution < -0.4 is 11.1 Å². The van der Waals surface area contributed by atoms with Crippen molar-refractivity contribution in [3.63, 3.8) is 0 Å². The molecule has 3 N–H and O–H groups in total. The predicted octanol–water partition coefficient (Wildman–Crippen LogP) is 2.05. The summed E-state index contributed by atoms with van der Waals surface area (Å²) in [7, 11) is 0. The largest absolute Gasteiger partial charge is 0.446 e. The van der Waals surface area contributed by atoms with E-state index in [2.05, 4.69) is 10.1 Å². The minimum Gasteiger partial charge on any atom is -0.446 e. The molecule has 0 aliphatic heterocycles. The van der Waals surface area contributed by atoms with Crippen LogP contribution in [0.2, 0.25) is 5.02 Å². The number of nitrogens with two attached hydrogens (primary N) is 1. The monoisotopic (exact) mass is 286 g/mol. The van der Waals surface area contributed by atoms with Gasteiger partial charge < -0.3 is 20.5 Å². The van der Waals surface area contributed by atoms with E-state index in [0.717, 1.165) is 5.56 Å². The first-order valence-electron chi connectivity index (χ1n) is 5.58. The Morgan fingerprint density at radius 1 is 1.37 bits per heavy atom. The molecular weight excluding hydrogens is 272 g/mol. The lowest BCUT2D eigenvalue weighted by Crippen LogP contribution is -2.29. The number of hydrogen-bond donors (Lipinski definition) is 2. The molecule has 7 heteroatoms. The van der Waals surface area contributed by atoms with Crippen molar-refractivity contribution in [1.29, 1.82) is 0 Å². The molecule has 19 heavy (non-hydrogen) atoms. The second kappa shape index (κ2) is 7.48. The van der Waals surface area contributed by atoms with Gasteiger partial charge in [0.25, 0.3) is 0 Å². The summed E-state index contributed by atoms with van der Waals surface area (Å²) in [5.41, 5.74) is 5.71. The molecule has 0 aliphatic carbocycles. The highest BCUT2D eigenvalue weighted by molar-refractivity contribution is 6.30. The highest BCUT2D eigenvalue weighted by Crippen LogP contribution is 2.09. The van der Waals surface area contributed by atoms with Crippen molar-refractivity contribution >= 4 is 23.8 Å². The van der Waals surface area contributed by atoms with Gasteiger partial charge in [0.2, 0.25) is 0 Å². The van der Waals surface area contributed by atoms with Crippen molar-refractivity contribution in [3.8, 4) is 0 Å². The van der Waals surface area contributed by atoms with Crippen LogP contribution in [0, 0.1) is 0 Å². The Hall–Kier alpha value is -1.95. The number of benzene rings is 1. The first-order chi connectivity index (χ1) is 8.97. The molecule has 0 fully saturated rings. The normalized spacial score (nSPS) is 11.5. The molecule has 1 atom stereocenters. The average Bonchev–Trinajstić information content (AvgIpc) is 2.35. The molecule has 0 saturated carbocycles. The van der Waals surface area contributed by atoms with Gasteiger partial charge >= 0.3 is 12.2 Å². The summed E-state index contributed by atoms with van der Waals surface area (Å²) < 4.78 is 9.44. The molecule has 0 unspecified atom stereocenters. The number of hydrogen-bond acceptors (Lipinski definition) is 4. The number of ether oxygens (including phenoxy) is 2. The zero-order chi connectivity index (χ0) is 14.3. The third-order valence-electron chi connectivity index (χ3n) is 2.12. The minimum atomic E-state index is -0.905. The van der Waals surface area contributed by atoms with Crippen molar-refractivity contribution in [1.82, 2.24) is 5.32 Å². The van der Waals surface area contributed by atoms with Gasteiger partial charge in [-0.15, -0.1) is 0 Å². The predicted molar refractivity (Wildman–Crippen MR) is 69.8 cm³/mol. The van der Waals surface area contributed by atoms with Crippen molar-refractivity contribution < 1.29 is 19.1 Å². The lowest BCUT2D eigenvalue weighted by molar-refractivity contribution is 0.0576. The summed E-state index contributed by atoms with van der Waals surface area (Å²) in [5, 5.41) is 3.18. The summed E-state index contributed by atoms with van der Waals surface area (Å²) >= 11 is 5.74. The Balaban J connectivity index is 2.24. The molecular formula is C12H15ClN2O4. The van der Waals surface area contributed by atoms with Gasteiger partial charge in [-0.1, -0.05) is 23.7 Å². The number of rotatable bonds is 5. The molecule has 0 aliphatic rings. The lowest BCUT2D eigenvalue weighted by Gasteiger charge is -2.12. The summed E-state index contributed by atoms with van der Waals surface area (Å²) in [4.78, 5) is 21.8. The van der Waals surface area contributed by atoms with E-state index in [9.17, 15) is 9.59 Å². The van der Waals surface area contributed by atoms with Gasteiger partial charge in [-0.25, -0.2) is 9.59 Å². The summed E-state index contributed by atoms with van der Waals surface area (Å²) in [6.07, 6.45) is -2.09. The first-order valence-corrected chi connectivity index (χ1v) is 5.96. The molecule has 2 amide bonds. The number of alkyl carbamates (subject to hydrolysis) is 1. The lowest BCUT2D eigenvalue weighted by atomic mass is 10.2. The SMILES string of the molecule is C[C@@H](COC(=O)NCc1ccc(Cl)cc1)OC(N)=O. The van der Waals surface area contributed by atoms with Gasteiger partial charge in [-0.05, 0) is 24.6 Å². The van der Waals surface area contributed by atoms with Crippen LogP contribution >= 0.6 is 11.6 Å². The van der Waals surface area contributed by atoms with Crippen LogP contribution in [0.1, 0.15) is 12.5 Å². The maximum absolute atomic E-state index is 11.3. The fourth-order valence-electron chi connectivity index (χ4n) is 1.25. The Labute approximate surface area is 115 Å². The minimum absolute atomic E-state index is 0.0601. The van der Waals surface area contributed by atoms with Crippen LogP contribution in [0.4, 0.5) is 9.59 Å². The van der Waals surface area contributed by atoms with Gasteiger partial charge in [-0.2, -0.15) is 0 Å². The van der Waals surface area contributed by atoms with Gasteiger partial charge in [0.1, 0.15) is 12.7 Å². The van der Waals surface area contributed by atoms with Crippen LogP contribution in [-0.2, 0) is 16.0 Å². The van der Waals surface area contributed by atoms with Gasteiger partial charge in [0.05, 0.1) is 0 Å².